The Labute approximate surface area is 80.4 Å². The van der Waals surface area contributed by atoms with E-state index in [1.54, 1.807) is 0 Å². The van der Waals surface area contributed by atoms with Gasteiger partial charge in [0.1, 0.15) is 0 Å². The standard InChI is InChI=1S/C9H20N2S/c1-8(11(3)4)6-9(10-2)7-12-5/h8H,6-7H2,1-5H3. The van der Waals surface area contributed by atoms with E-state index in [1.165, 1.54) is 5.71 Å². The van der Waals surface area contributed by atoms with E-state index >= 15 is 0 Å². The van der Waals surface area contributed by atoms with Crippen molar-refractivity contribution in [1.82, 2.24) is 4.90 Å². The normalized spacial score (nSPS) is 15.3. The molecule has 0 rings (SSSR count). The smallest absolute Gasteiger partial charge is 0.0312 e. The zero-order valence-electron chi connectivity index (χ0n) is 8.79. The van der Waals surface area contributed by atoms with E-state index in [-0.39, 0.29) is 0 Å². The van der Waals surface area contributed by atoms with Crippen LogP contribution in [0.15, 0.2) is 4.99 Å². The van der Waals surface area contributed by atoms with E-state index in [1.807, 2.05) is 18.8 Å². The minimum absolute atomic E-state index is 0.593. The Morgan fingerprint density at radius 3 is 2.42 bits per heavy atom. The molecule has 0 aromatic heterocycles. The molecule has 0 aromatic carbocycles. The highest BCUT2D eigenvalue weighted by Gasteiger charge is 2.07. The molecule has 1 atom stereocenters. The second kappa shape index (κ2) is 6.49. The lowest BCUT2D eigenvalue weighted by molar-refractivity contribution is 0.321. The fourth-order valence-electron chi connectivity index (χ4n) is 0.905. The topological polar surface area (TPSA) is 15.6 Å². The summed E-state index contributed by atoms with van der Waals surface area (Å²) >= 11 is 1.84. The first-order valence-corrected chi connectivity index (χ1v) is 5.61. The Morgan fingerprint density at radius 1 is 1.50 bits per heavy atom. The van der Waals surface area contributed by atoms with E-state index in [0.717, 1.165) is 12.2 Å². The second-order valence-electron chi connectivity index (χ2n) is 3.24. The minimum atomic E-state index is 0.593. The molecular formula is C9H20N2S. The summed E-state index contributed by atoms with van der Waals surface area (Å²) in [7, 11) is 6.10. The van der Waals surface area contributed by atoms with Crippen LogP contribution in [0.25, 0.3) is 0 Å². The van der Waals surface area contributed by atoms with Crippen LogP contribution in [0.2, 0.25) is 0 Å². The minimum Gasteiger partial charge on any atom is -0.306 e. The van der Waals surface area contributed by atoms with Gasteiger partial charge in [0.25, 0.3) is 0 Å². The maximum atomic E-state index is 4.27. The van der Waals surface area contributed by atoms with Crippen LogP contribution in [0.3, 0.4) is 0 Å². The van der Waals surface area contributed by atoms with Crippen molar-refractivity contribution < 1.29 is 0 Å². The highest BCUT2D eigenvalue weighted by Crippen LogP contribution is 2.04. The summed E-state index contributed by atoms with van der Waals surface area (Å²) in [6.45, 7) is 2.23. The third-order valence-corrected chi connectivity index (χ3v) is 2.66. The van der Waals surface area contributed by atoms with Gasteiger partial charge in [0.05, 0.1) is 0 Å². The van der Waals surface area contributed by atoms with Crippen LogP contribution in [-0.2, 0) is 0 Å². The molecule has 2 nitrogen and oxygen atoms in total. The number of nitrogens with zero attached hydrogens (tertiary/aromatic N) is 2. The second-order valence-corrected chi connectivity index (χ2v) is 4.11. The Balaban J connectivity index is 3.86. The summed E-state index contributed by atoms with van der Waals surface area (Å²) < 4.78 is 0. The first-order chi connectivity index (χ1) is 5.61. The summed E-state index contributed by atoms with van der Waals surface area (Å²) in [5.74, 6) is 1.06. The van der Waals surface area contributed by atoms with Crippen molar-refractivity contribution in [3.8, 4) is 0 Å². The van der Waals surface area contributed by atoms with Crippen LogP contribution >= 0.6 is 11.8 Å². The lowest BCUT2D eigenvalue weighted by Gasteiger charge is -2.20. The van der Waals surface area contributed by atoms with Crippen molar-refractivity contribution in [3.05, 3.63) is 0 Å². The first-order valence-electron chi connectivity index (χ1n) is 4.21. The van der Waals surface area contributed by atoms with Crippen LogP contribution in [0.5, 0.6) is 0 Å². The predicted octanol–water partition coefficient (Wildman–Crippen LogP) is 1.76. The number of rotatable bonds is 5. The molecule has 0 spiro atoms. The van der Waals surface area contributed by atoms with Crippen LogP contribution in [-0.4, -0.2) is 49.8 Å². The number of thioether (sulfide) groups is 1. The molecule has 3 heteroatoms. The van der Waals surface area contributed by atoms with Gasteiger partial charge in [-0.2, -0.15) is 11.8 Å². The van der Waals surface area contributed by atoms with Gasteiger partial charge in [0.15, 0.2) is 0 Å². The molecule has 0 heterocycles. The van der Waals surface area contributed by atoms with E-state index < -0.39 is 0 Å². The monoisotopic (exact) mass is 188 g/mol. The molecule has 0 amide bonds. The quantitative estimate of drug-likeness (QED) is 0.611. The molecule has 72 valence electrons. The fourth-order valence-corrected chi connectivity index (χ4v) is 1.49. The summed E-state index contributed by atoms with van der Waals surface area (Å²) in [5.41, 5.74) is 1.31. The van der Waals surface area contributed by atoms with Gasteiger partial charge in [-0.3, -0.25) is 4.99 Å². The van der Waals surface area contributed by atoms with Crippen LogP contribution in [0.4, 0.5) is 0 Å². The first kappa shape index (κ1) is 12.0. The van der Waals surface area contributed by atoms with Crippen molar-refractivity contribution >= 4 is 17.5 Å². The SMILES string of the molecule is CN=C(CSC)CC(C)N(C)C. The molecule has 0 aliphatic heterocycles. The molecule has 0 saturated carbocycles. The van der Waals surface area contributed by atoms with Gasteiger partial charge in [-0.1, -0.05) is 0 Å². The average Bonchev–Trinajstić information content (AvgIpc) is 2.03. The Hall–Kier alpha value is -0.0200. The largest absolute Gasteiger partial charge is 0.306 e. The van der Waals surface area contributed by atoms with Gasteiger partial charge in [0.2, 0.25) is 0 Å². The fraction of sp³-hybridized carbons (Fsp3) is 0.889. The van der Waals surface area contributed by atoms with Crippen molar-refractivity contribution in [1.29, 1.82) is 0 Å². The highest BCUT2D eigenvalue weighted by molar-refractivity contribution is 7.99. The van der Waals surface area contributed by atoms with Crippen molar-refractivity contribution in [3.63, 3.8) is 0 Å². The zero-order valence-corrected chi connectivity index (χ0v) is 9.61. The van der Waals surface area contributed by atoms with Crippen molar-refractivity contribution in [2.24, 2.45) is 4.99 Å². The average molecular weight is 188 g/mol. The molecule has 0 bridgehead atoms. The Bertz CT molecular complexity index is 143. The lowest BCUT2D eigenvalue weighted by Crippen LogP contribution is -2.27. The molecule has 0 aromatic rings. The van der Waals surface area contributed by atoms with Crippen LogP contribution < -0.4 is 0 Å². The van der Waals surface area contributed by atoms with Gasteiger partial charge in [-0.05, 0) is 27.3 Å². The molecular weight excluding hydrogens is 168 g/mol. The van der Waals surface area contributed by atoms with Gasteiger partial charge in [0, 0.05) is 31.0 Å². The predicted molar refractivity (Wildman–Crippen MR) is 59.5 cm³/mol. The molecule has 0 fully saturated rings. The van der Waals surface area contributed by atoms with E-state index in [2.05, 4.69) is 37.2 Å². The third kappa shape index (κ3) is 4.78. The van der Waals surface area contributed by atoms with E-state index in [9.17, 15) is 0 Å². The maximum absolute atomic E-state index is 4.27. The van der Waals surface area contributed by atoms with Crippen LogP contribution in [0, 0.1) is 0 Å². The van der Waals surface area contributed by atoms with Crippen molar-refractivity contribution in [2.45, 2.75) is 19.4 Å². The molecule has 12 heavy (non-hydrogen) atoms. The summed E-state index contributed by atoms with van der Waals surface area (Å²) in [6, 6.07) is 0.593. The maximum Gasteiger partial charge on any atom is 0.0312 e. The summed E-state index contributed by atoms with van der Waals surface area (Å²) in [6.07, 6.45) is 3.20. The molecule has 0 saturated heterocycles. The molecule has 1 unspecified atom stereocenters. The van der Waals surface area contributed by atoms with Gasteiger partial charge >= 0.3 is 0 Å². The molecule has 0 aliphatic carbocycles. The van der Waals surface area contributed by atoms with Gasteiger partial charge < -0.3 is 4.90 Å². The summed E-state index contributed by atoms with van der Waals surface area (Å²) in [4.78, 5) is 6.50. The van der Waals surface area contributed by atoms with E-state index in [0.29, 0.717) is 6.04 Å². The van der Waals surface area contributed by atoms with E-state index in [4.69, 9.17) is 0 Å². The van der Waals surface area contributed by atoms with Crippen molar-refractivity contribution in [2.75, 3.05) is 33.2 Å². The highest BCUT2D eigenvalue weighted by atomic mass is 32.2. The Kier molecular flexibility index (Phi) is 6.48. The molecule has 0 N–H and O–H groups in total. The van der Waals surface area contributed by atoms with Gasteiger partial charge in [-0.25, -0.2) is 0 Å². The summed E-state index contributed by atoms with van der Waals surface area (Å²) in [5, 5.41) is 0. The number of hydrogen-bond acceptors (Lipinski definition) is 3. The third-order valence-electron chi connectivity index (χ3n) is 2.04. The molecule has 0 radical (unpaired) electrons. The Morgan fingerprint density at radius 2 is 2.08 bits per heavy atom. The zero-order chi connectivity index (χ0) is 9.56. The number of hydrogen-bond donors (Lipinski definition) is 0. The van der Waals surface area contributed by atoms with Gasteiger partial charge in [-0.15, -0.1) is 0 Å². The number of aliphatic imine (C=N–C) groups is 1. The van der Waals surface area contributed by atoms with Crippen LogP contribution in [0.1, 0.15) is 13.3 Å². The lowest BCUT2D eigenvalue weighted by atomic mass is 10.1. The molecule has 0 aliphatic rings.